The molecule has 0 aliphatic carbocycles. The van der Waals surface area contributed by atoms with E-state index in [2.05, 4.69) is 104 Å². The van der Waals surface area contributed by atoms with Crippen molar-refractivity contribution in [3.63, 3.8) is 0 Å². The molecule has 0 bridgehead atoms. The van der Waals surface area contributed by atoms with E-state index in [-0.39, 0.29) is 61.4 Å². The van der Waals surface area contributed by atoms with Gasteiger partial charge < -0.3 is 76.3 Å². The van der Waals surface area contributed by atoms with Gasteiger partial charge in [-0.05, 0) is 85.5 Å². The van der Waals surface area contributed by atoms with Crippen molar-refractivity contribution < 1.29 is 65.7 Å². The second kappa shape index (κ2) is 42.3. The average molecular weight is 1240 g/mol. The van der Waals surface area contributed by atoms with Gasteiger partial charge in [0.25, 0.3) is 0 Å². The fraction of sp³-hybridized carbons (Fsp3) is 0.606. The molecular formula is C66H108N4O14Si2. The molecule has 4 aromatic rings. The predicted octanol–water partition coefficient (Wildman–Crippen LogP) is 12.1. The minimum Gasteiger partial charge on any atom is -0.467 e. The molecule has 0 radical (unpaired) electrons. The van der Waals surface area contributed by atoms with Crippen molar-refractivity contribution in [1.29, 1.82) is 0 Å². The van der Waals surface area contributed by atoms with E-state index in [9.17, 15) is 0 Å². The average Bonchev–Trinajstić information content (AvgIpc) is 3.65. The second-order valence-corrected chi connectivity index (χ2v) is 33.2. The zero-order valence-electron chi connectivity index (χ0n) is 55.0. The van der Waals surface area contributed by atoms with E-state index in [1.54, 1.807) is 28.4 Å². The standard InChI is InChI=1S/C33H56N2O7Si.C33H52N2O7Si/c2*1-9-29(34-22-27-14-10-12-16-31(27)40-25-38-20-18-36-5)30(24-42-43(7,8)33(2,3)4)35-23-28-15-11-13-17-32(28)41-26-39-21-19-37-6/h10-17,29-30,34-35H,9,18-26H2,1-8H3;10-17,22-23,29-30H,9,18-21,24-26H2,1-8H3/t2*29-,30-/m00/s1. The summed E-state index contributed by atoms with van der Waals surface area (Å²) in [5, 5.41) is 7.79. The Morgan fingerprint density at radius 1 is 0.419 bits per heavy atom. The third-order valence-electron chi connectivity index (χ3n) is 15.3. The Morgan fingerprint density at radius 2 is 0.756 bits per heavy atom. The lowest BCUT2D eigenvalue weighted by molar-refractivity contribution is -0.00907. The maximum atomic E-state index is 6.74. The maximum Gasteiger partial charge on any atom is 0.192 e. The number of methoxy groups -OCH3 is 4. The summed E-state index contributed by atoms with van der Waals surface area (Å²) >= 11 is 0. The van der Waals surface area contributed by atoms with Crippen molar-refractivity contribution in [2.75, 3.05) is 122 Å². The molecule has 0 saturated heterocycles. The van der Waals surface area contributed by atoms with Gasteiger partial charge in [-0.3, -0.25) is 9.98 Å². The number of rotatable bonds is 44. The number of hydrogen-bond acceptors (Lipinski definition) is 18. The highest BCUT2D eigenvalue weighted by Gasteiger charge is 2.39. The molecule has 0 unspecified atom stereocenters. The van der Waals surface area contributed by atoms with Gasteiger partial charge in [-0.25, -0.2) is 0 Å². The first-order chi connectivity index (χ1) is 41.2. The zero-order chi connectivity index (χ0) is 63.1. The van der Waals surface area contributed by atoms with E-state index in [0.29, 0.717) is 90.7 Å². The Labute approximate surface area is 518 Å². The normalized spacial score (nSPS) is 13.8. The lowest BCUT2D eigenvalue weighted by atomic mass is 10.0. The molecular weight excluding hydrogens is 1130 g/mol. The molecule has 0 fully saturated rings. The predicted molar refractivity (Wildman–Crippen MR) is 350 cm³/mol. The largest absolute Gasteiger partial charge is 0.467 e. The van der Waals surface area contributed by atoms with Crippen LogP contribution in [-0.4, -0.2) is 175 Å². The Hall–Kier alpha value is -4.63. The molecule has 0 aromatic heterocycles. The molecule has 0 saturated carbocycles. The van der Waals surface area contributed by atoms with Crippen LogP contribution in [0.5, 0.6) is 23.0 Å². The van der Waals surface area contributed by atoms with Gasteiger partial charge >= 0.3 is 0 Å². The molecule has 18 nitrogen and oxygen atoms in total. The van der Waals surface area contributed by atoms with Gasteiger partial charge in [-0.15, -0.1) is 0 Å². The summed E-state index contributed by atoms with van der Waals surface area (Å²) in [5.41, 5.74) is 3.88. The highest BCUT2D eigenvalue weighted by molar-refractivity contribution is 6.74. The smallest absolute Gasteiger partial charge is 0.192 e. The minimum atomic E-state index is -2.01. The molecule has 2 N–H and O–H groups in total. The first kappa shape index (κ1) is 75.6. The highest BCUT2D eigenvalue weighted by Crippen LogP contribution is 2.38. The van der Waals surface area contributed by atoms with E-state index in [0.717, 1.165) is 46.6 Å². The third-order valence-corrected chi connectivity index (χ3v) is 24.3. The fourth-order valence-corrected chi connectivity index (χ4v) is 9.77. The number of aliphatic imine (C=N–C) groups is 2. The first-order valence-corrected chi connectivity index (χ1v) is 36.0. The molecule has 4 aromatic carbocycles. The molecule has 0 amide bonds. The molecule has 4 atom stereocenters. The monoisotopic (exact) mass is 1240 g/mol. The summed E-state index contributed by atoms with van der Waals surface area (Å²) in [4.78, 5) is 10.0. The van der Waals surface area contributed by atoms with Crippen LogP contribution < -0.4 is 29.6 Å². The van der Waals surface area contributed by atoms with Crippen LogP contribution in [0.25, 0.3) is 0 Å². The highest BCUT2D eigenvalue weighted by atomic mass is 28.4. The van der Waals surface area contributed by atoms with Gasteiger partial charge in [0.2, 0.25) is 0 Å². The molecule has 0 spiro atoms. The summed E-state index contributed by atoms with van der Waals surface area (Å²) in [6.07, 6.45) is 5.43. The van der Waals surface area contributed by atoms with Gasteiger partial charge in [-0.1, -0.05) is 116 Å². The Bertz CT molecular complexity index is 2460. The SMILES string of the molecule is CC[C@H](N=Cc1ccccc1OCOCCOC)[C@H](CO[Si](C)(C)C(C)(C)C)N=Cc1ccccc1OCOCCOC.CC[C@H](NCc1ccccc1OCOCCOC)[C@H](CO[Si](C)(C)C(C)(C)C)NCc1ccccc1OCOCCOC. The lowest BCUT2D eigenvalue weighted by Gasteiger charge is -2.39. The zero-order valence-corrected chi connectivity index (χ0v) is 57.0. The molecule has 4 rings (SSSR count). The summed E-state index contributed by atoms with van der Waals surface area (Å²) in [6, 6.07) is 31.6. The van der Waals surface area contributed by atoms with Gasteiger partial charge in [-0.2, -0.15) is 0 Å². The fourth-order valence-electron chi connectivity index (χ4n) is 7.72. The molecule has 86 heavy (non-hydrogen) atoms. The maximum absolute atomic E-state index is 6.74. The van der Waals surface area contributed by atoms with Gasteiger partial charge in [0.15, 0.2) is 43.8 Å². The quantitative estimate of drug-likeness (QED) is 0.0185. The number of hydrogen-bond donors (Lipinski definition) is 2. The van der Waals surface area contributed by atoms with E-state index in [1.165, 1.54) is 0 Å². The van der Waals surface area contributed by atoms with E-state index >= 15 is 0 Å². The number of para-hydroxylation sites is 4. The Kier molecular flexibility index (Phi) is 37.2. The minimum absolute atomic E-state index is 0.0654. The number of nitrogens with one attached hydrogen (secondary N) is 2. The van der Waals surface area contributed by atoms with Crippen LogP contribution in [-0.2, 0) is 59.8 Å². The summed E-state index contributed by atoms with van der Waals surface area (Å²) in [5.74, 6) is 3.01. The van der Waals surface area contributed by atoms with Crippen LogP contribution in [0.2, 0.25) is 36.3 Å². The van der Waals surface area contributed by atoms with Gasteiger partial charge in [0, 0.05) is 88.3 Å². The Morgan fingerprint density at radius 3 is 1.13 bits per heavy atom. The summed E-state index contributed by atoms with van der Waals surface area (Å²) in [6.45, 7) is 34.0. The number of ether oxygens (including phenoxy) is 12. The topological polar surface area (TPSA) is 178 Å². The van der Waals surface area contributed by atoms with E-state index in [4.69, 9.17) is 75.7 Å². The Balaban J connectivity index is 0.000000450. The van der Waals surface area contributed by atoms with Crippen LogP contribution in [0.3, 0.4) is 0 Å². The van der Waals surface area contributed by atoms with Crippen molar-refractivity contribution in [1.82, 2.24) is 10.6 Å². The summed E-state index contributed by atoms with van der Waals surface area (Å²) in [7, 11) is 2.62. The van der Waals surface area contributed by atoms with Crippen LogP contribution in [0.4, 0.5) is 0 Å². The third kappa shape index (κ3) is 29.1. The van der Waals surface area contributed by atoms with Crippen molar-refractivity contribution >= 4 is 29.1 Å². The van der Waals surface area contributed by atoms with E-state index in [1.807, 2.05) is 97.4 Å². The van der Waals surface area contributed by atoms with Crippen LogP contribution >= 0.6 is 0 Å². The van der Waals surface area contributed by atoms with E-state index < -0.39 is 16.6 Å². The molecule has 0 heterocycles. The van der Waals surface area contributed by atoms with Gasteiger partial charge in [0.1, 0.15) is 23.0 Å². The molecule has 484 valence electrons. The first-order valence-electron chi connectivity index (χ1n) is 30.2. The second-order valence-electron chi connectivity index (χ2n) is 23.6. The number of benzene rings is 4. The summed E-state index contributed by atoms with van der Waals surface area (Å²) < 4.78 is 79.2. The lowest BCUT2D eigenvalue weighted by Crippen LogP contribution is -2.52. The number of nitrogens with zero attached hydrogens (tertiary/aromatic N) is 2. The van der Waals surface area contributed by atoms with Crippen molar-refractivity contribution in [3.8, 4) is 23.0 Å². The molecule has 0 aliphatic rings. The van der Waals surface area contributed by atoms with Crippen molar-refractivity contribution in [2.45, 2.75) is 142 Å². The van der Waals surface area contributed by atoms with Crippen LogP contribution in [0.15, 0.2) is 107 Å². The van der Waals surface area contributed by atoms with Gasteiger partial charge in [0.05, 0.1) is 78.2 Å². The van der Waals surface area contributed by atoms with Crippen molar-refractivity contribution in [3.05, 3.63) is 119 Å². The molecule has 20 heteroatoms. The van der Waals surface area contributed by atoms with Crippen LogP contribution in [0, 0.1) is 0 Å². The molecule has 0 aliphatic heterocycles. The van der Waals surface area contributed by atoms with Crippen molar-refractivity contribution in [2.24, 2.45) is 9.98 Å². The van der Waals surface area contributed by atoms with Crippen LogP contribution in [0.1, 0.15) is 90.5 Å².